The van der Waals surface area contributed by atoms with E-state index in [1.54, 1.807) is 11.3 Å². The molecule has 1 aliphatic rings. The van der Waals surface area contributed by atoms with Crippen molar-refractivity contribution < 1.29 is 4.52 Å². The molecule has 0 aliphatic heterocycles. The molecular weight excluding hydrogens is 302 g/mol. The van der Waals surface area contributed by atoms with Gasteiger partial charge in [-0.15, -0.1) is 11.3 Å². The van der Waals surface area contributed by atoms with Crippen LogP contribution in [0.15, 0.2) is 20.4 Å². The molecule has 4 nitrogen and oxygen atoms in total. The van der Waals surface area contributed by atoms with Crippen LogP contribution in [0.5, 0.6) is 0 Å². The van der Waals surface area contributed by atoms with E-state index in [4.69, 9.17) is 10.3 Å². The summed E-state index contributed by atoms with van der Waals surface area (Å²) in [6, 6.07) is 1.97. The van der Waals surface area contributed by atoms with Crippen LogP contribution in [0.2, 0.25) is 0 Å². The topological polar surface area (TPSA) is 64.9 Å². The highest BCUT2D eigenvalue weighted by Gasteiger charge is 2.36. The second-order valence-corrected chi connectivity index (χ2v) is 6.24. The Morgan fingerprint density at radius 1 is 1.41 bits per heavy atom. The van der Waals surface area contributed by atoms with Crippen LogP contribution in [-0.2, 0) is 5.54 Å². The molecule has 6 heteroatoms. The third-order valence-electron chi connectivity index (χ3n) is 3.15. The van der Waals surface area contributed by atoms with Gasteiger partial charge in [0.15, 0.2) is 5.82 Å². The lowest BCUT2D eigenvalue weighted by atomic mass is 9.99. The van der Waals surface area contributed by atoms with Gasteiger partial charge in [0.1, 0.15) is 0 Å². The van der Waals surface area contributed by atoms with E-state index in [-0.39, 0.29) is 5.54 Å². The summed E-state index contributed by atoms with van der Waals surface area (Å²) in [5.41, 5.74) is 5.91. The molecule has 2 aromatic heterocycles. The molecule has 0 aromatic carbocycles. The van der Waals surface area contributed by atoms with E-state index in [0.29, 0.717) is 11.7 Å². The smallest absolute Gasteiger partial charge is 0.268 e. The van der Waals surface area contributed by atoms with Crippen molar-refractivity contribution in [1.29, 1.82) is 0 Å². The van der Waals surface area contributed by atoms with Gasteiger partial charge in [-0.25, -0.2) is 0 Å². The molecule has 0 atom stereocenters. The van der Waals surface area contributed by atoms with Crippen LogP contribution in [0.1, 0.15) is 31.5 Å². The summed E-state index contributed by atoms with van der Waals surface area (Å²) in [5, 5.41) is 6.03. The number of thiophene rings is 1. The number of rotatable bonds is 2. The molecule has 1 saturated carbocycles. The maximum absolute atomic E-state index is 6.29. The van der Waals surface area contributed by atoms with Crippen molar-refractivity contribution in [3.63, 3.8) is 0 Å². The maximum Gasteiger partial charge on any atom is 0.268 e. The zero-order valence-electron chi connectivity index (χ0n) is 9.15. The fourth-order valence-electron chi connectivity index (χ4n) is 2.18. The Bertz CT molecular complexity index is 530. The summed E-state index contributed by atoms with van der Waals surface area (Å²) in [7, 11) is 0. The summed E-state index contributed by atoms with van der Waals surface area (Å²) in [4.78, 5) is 5.40. The Morgan fingerprint density at radius 3 is 2.82 bits per heavy atom. The lowest BCUT2D eigenvalue weighted by molar-refractivity contribution is 0.373. The van der Waals surface area contributed by atoms with Gasteiger partial charge in [0, 0.05) is 9.85 Å². The molecule has 1 fully saturated rings. The third kappa shape index (κ3) is 2.05. The van der Waals surface area contributed by atoms with Gasteiger partial charge >= 0.3 is 0 Å². The van der Waals surface area contributed by atoms with E-state index in [1.165, 1.54) is 0 Å². The number of halogens is 1. The van der Waals surface area contributed by atoms with Gasteiger partial charge in [-0.3, -0.25) is 0 Å². The van der Waals surface area contributed by atoms with Crippen LogP contribution in [0, 0.1) is 0 Å². The Kier molecular flexibility index (Phi) is 2.80. The highest BCUT2D eigenvalue weighted by molar-refractivity contribution is 9.10. The number of aromatic nitrogens is 2. The van der Waals surface area contributed by atoms with Crippen LogP contribution in [0.25, 0.3) is 10.8 Å². The molecular formula is C11H12BrN3OS. The van der Waals surface area contributed by atoms with E-state index >= 15 is 0 Å². The van der Waals surface area contributed by atoms with Crippen LogP contribution in [0.3, 0.4) is 0 Å². The summed E-state index contributed by atoms with van der Waals surface area (Å²) >= 11 is 4.98. The van der Waals surface area contributed by atoms with Crippen molar-refractivity contribution in [3.05, 3.63) is 21.7 Å². The predicted molar refractivity (Wildman–Crippen MR) is 69.6 cm³/mol. The fourth-order valence-corrected chi connectivity index (χ4v) is 3.53. The molecule has 2 N–H and O–H groups in total. The van der Waals surface area contributed by atoms with Gasteiger partial charge in [-0.1, -0.05) is 18.0 Å². The summed E-state index contributed by atoms with van der Waals surface area (Å²) in [6.45, 7) is 0. The van der Waals surface area contributed by atoms with Crippen LogP contribution in [-0.4, -0.2) is 10.1 Å². The summed E-state index contributed by atoms with van der Waals surface area (Å²) in [5.74, 6) is 1.21. The van der Waals surface area contributed by atoms with Gasteiger partial charge in [-0.2, -0.15) is 4.98 Å². The molecule has 0 unspecified atom stereocenters. The van der Waals surface area contributed by atoms with Crippen molar-refractivity contribution in [1.82, 2.24) is 10.1 Å². The normalized spacial score (nSPS) is 18.7. The highest BCUT2D eigenvalue weighted by atomic mass is 79.9. The van der Waals surface area contributed by atoms with Crippen molar-refractivity contribution in [3.8, 4) is 10.8 Å². The van der Waals surface area contributed by atoms with Gasteiger partial charge in [-0.05, 0) is 34.8 Å². The Balaban J connectivity index is 1.92. The van der Waals surface area contributed by atoms with E-state index < -0.39 is 0 Å². The first-order valence-corrected chi connectivity index (χ1v) is 7.22. The zero-order chi connectivity index (χ0) is 11.9. The molecule has 3 rings (SSSR count). The minimum absolute atomic E-state index is 0.379. The Labute approximate surface area is 111 Å². The molecule has 0 spiro atoms. The molecule has 0 amide bonds. The molecule has 2 heterocycles. The first-order valence-electron chi connectivity index (χ1n) is 5.55. The van der Waals surface area contributed by atoms with Crippen LogP contribution in [0.4, 0.5) is 0 Å². The number of hydrogen-bond donors (Lipinski definition) is 1. The second kappa shape index (κ2) is 4.19. The lowest BCUT2D eigenvalue weighted by Gasteiger charge is -2.17. The summed E-state index contributed by atoms with van der Waals surface area (Å²) < 4.78 is 6.32. The molecule has 2 aromatic rings. The van der Waals surface area contributed by atoms with Crippen LogP contribution >= 0.6 is 27.3 Å². The number of nitrogens with two attached hydrogens (primary N) is 1. The minimum Gasteiger partial charge on any atom is -0.333 e. The lowest BCUT2D eigenvalue weighted by Crippen LogP contribution is -2.34. The van der Waals surface area contributed by atoms with E-state index in [2.05, 4.69) is 26.1 Å². The quantitative estimate of drug-likeness (QED) is 0.924. The predicted octanol–water partition coefficient (Wildman–Crippen LogP) is 3.29. The monoisotopic (exact) mass is 313 g/mol. The van der Waals surface area contributed by atoms with Gasteiger partial charge in [0.2, 0.25) is 0 Å². The number of hydrogen-bond acceptors (Lipinski definition) is 5. The average molecular weight is 314 g/mol. The molecule has 0 bridgehead atoms. The Morgan fingerprint density at radius 2 is 2.18 bits per heavy atom. The third-order valence-corrected chi connectivity index (χ3v) is 4.82. The van der Waals surface area contributed by atoms with Crippen LogP contribution < -0.4 is 5.73 Å². The molecule has 17 heavy (non-hydrogen) atoms. The highest BCUT2D eigenvalue weighted by Crippen LogP contribution is 2.36. The van der Waals surface area contributed by atoms with E-state index in [0.717, 1.165) is 35.0 Å². The average Bonchev–Trinajstić information content (AvgIpc) is 2.96. The molecule has 0 saturated heterocycles. The van der Waals surface area contributed by atoms with Crippen molar-refractivity contribution in [2.24, 2.45) is 5.73 Å². The molecule has 1 aliphatic carbocycles. The van der Waals surface area contributed by atoms with Gasteiger partial charge in [0.25, 0.3) is 5.89 Å². The maximum atomic E-state index is 6.29. The van der Waals surface area contributed by atoms with E-state index in [1.807, 2.05) is 11.4 Å². The Hall–Kier alpha value is -0.720. The first-order chi connectivity index (χ1) is 8.17. The molecule has 0 radical (unpaired) electrons. The minimum atomic E-state index is -0.379. The number of nitrogens with zero attached hydrogens (tertiary/aromatic N) is 2. The largest absolute Gasteiger partial charge is 0.333 e. The molecule has 90 valence electrons. The van der Waals surface area contributed by atoms with Gasteiger partial charge in [0.05, 0.1) is 10.4 Å². The fraction of sp³-hybridized carbons (Fsp3) is 0.455. The van der Waals surface area contributed by atoms with Gasteiger partial charge < -0.3 is 10.3 Å². The standard InChI is InChI=1S/C11H12BrN3OS/c12-7-5-8(17-6-7)9-14-10(15-16-9)11(13)3-1-2-4-11/h5-6H,1-4,13H2. The first kappa shape index (κ1) is 11.4. The van der Waals surface area contributed by atoms with Crippen molar-refractivity contribution in [2.45, 2.75) is 31.2 Å². The van der Waals surface area contributed by atoms with Crippen molar-refractivity contribution >= 4 is 27.3 Å². The summed E-state index contributed by atoms with van der Waals surface area (Å²) in [6.07, 6.45) is 4.18. The zero-order valence-corrected chi connectivity index (χ0v) is 11.6. The SMILES string of the molecule is NC1(c2noc(-c3cc(Br)cs3)n2)CCCC1. The second-order valence-electron chi connectivity index (χ2n) is 4.42. The van der Waals surface area contributed by atoms with E-state index in [9.17, 15) is 0 Å². The van der Waals surface area contributed by atoms with Crippen molar-refractivity contribution in [2.75, 3.05) is 0 Å².